The quantitative estimate of drug-likeness (QED) is 0.689. The van der Waals surface area contributed by atoms with E-state index in [0.717, 1.165) is 19.3 Å². The minimum Gasteiger partial charge on any atom is -0.480 e. The number of nitrogens with one attached hydrogen (secondary N) is 1. The molecule has 0 saturated heterocycles. The SMILES string of the molecule is CCCCc1noc(CNCC(=O)O)n1. The van der Waals surface area contributed by atoms with Crippen LogP contribution in [0, 0.1) is 0 Å². The molecule has 1 aromatic heterocycles. The first-order chi connectivity index (χ1) is 7.22. The number of nitrogens with zero attached hydrogens (tertiary/aromatic N) is 2. The number of aryl methyl sites for hydroxylation is 1. The normalized spacial score (nSPS) is 10.5. The zero-order valence-corrected chi connectivity index (χ0v) is 8.69. The largest absolute Gasteiger partial charge is 0.480 e. The summed E-state index contributed by atoms with van der Waals surface area (Å²) in [5.74, 6) is 0.215. The van der Waals surface area contributed by atoms with Gasteiger partial charge in [-0.05, 0) is 6.42 Å². The first-order valence-electron chi connectivity index (χ1n) is 4.96. The molecular formula is C9H15N3O3. The van der Waals surface area contributed by atoms with Crippen LogP contribution in [0.25, 0.3) is 0 Å². The van der Waals surface area contributed by atoms with Gasteiger partial charge in [-0.25, -0.2) is 0 Å². The highest BCUT2D eigenvalue weighted by Crippen LogP contribution is 2.01. The molecule has 0 saturated carbocycles. The molecule has 1 heterocycles. The minimum atomic E-state index is -0.902. The summed E-state index contributed by atoms with van der Waals surface area (Å²) in [6.07, 6.45) is 2.92. The molecule has 1 aromatic rings. The molecule has 0 aromatic carbocycles. The van der Waals surface area contributed by atoms with Crippen molar-refractivity contribution in [3.05, 3.63) is 11.7 Å². The lowest BCUT2D eigenvalue weighted by Gasteiger charge is -1.94. The van der Waals surface area contributed by atoms with Crippen LogP contribution in [-0.4, -0.2) is 27.8 Å². The molecule has 2 N–H and O–H groups in total. The third-order valence-corrected chi connectivity index (χ3v) is 1.82. The second-order valence-corrected chi connectivity index (χ2v) is 3.21. The fourth-order valence-electron chi connectivity index (χ4n) is 1.07. The van der Waals surface area contributed by atoms with E-state index >= 15 is 0 Å². The second kappa shape index (κ2) is 6.13. The number of carboxylic acid groups (broad SMARTS) is 1. The molecule has 0 atom stereocenters. The summed E-state index contributed by atoms with van der Waals surface area (Å²) in [5.41, 5.74) is 0. The number of rotatable bonds is 7. The molecule has 15 heavy (non-hydrogen) atoms. The van der Waals surface area contributed by atoms with Crippen molar-refractivity contribution in [3.8, 4) is 0 Å². The fraction of sp³-hybridized carbons (Fsp3) is 0.667. The molecule has 0 aliphatic heterocycles. The highest BCUT2D eigenvalue weighted by molar-refractivity contribution is 5.68. The highest BCUT2D eigenvalue weighted by atomic mass is 16.5. The molecule has 6 heteroatoms. The van der Waals surface area contributed by atoms with Crippen molar-refractivity contribution >= 4 is 5.97 Å². The number of hydrogen-bond donors (Lipinski definition) is 2. The molecule has 84 valence electrons. The van der Waals surface area contributed by atoms with Crippen LogP contribution in [-0.2, 0) is 17.8 Å². The monoisotopic (exact) mass is 213 g/mol. The summed E-state index contributed by atoms with van der Waals surface area (Å²) in [5, 5.41) is 14.8. The molecule has 0 bridgehead atoms. The predicted octanol–water partition coefficient (Wildman–Crippen LogP) is 0.586. The first-order valence-corrected chi connectivity index (χ1v) is 4.96. The lowest BCUT2D eigenvalue weighted by Crippen LogP contribution is -2.21. The van der Waals surface area contributed by atoms with Crippen LogP contribution in [0.5, 0.6) is 0 Å². The summed E-state index contributed by atoms with van der Waals surface area (Å²) < 4.78 is 4.93. The molecule has 1 rings (SSSR count). The predicted molar refractivity (Wildman–Crippen MR) is 52.3 cm³/mol. The Morgan fingerprint density at radius 3 is 3.07 bits per heavy atom. The Bertz CT molecular complexity index is 311. The molecule has 6 nitrogen and oxygen atoms in total. The van der Waals surface area contributed by atoms with Crippen LogP contribution < -0.4 is 5.32 Å². The van der Waals surface area contributed by atoms with Gasteiger partial charge in [0.1, 0.15) is 0 Å². The van der Waals surface area contributed by atoms with Crippen molar-refractivity contribution in [2.24, 2.45) is 0 Å². The molecule has 0 aliphatic rings. The van der Waals surface area contributed by atoms with E-state index in [9.17, 15) is 4.79 Å². The second-order valence-electron chi connectivity index (χ2n) is 3.21. The van der Waals surface area contributed by atoms with E-state index in [1.54, 1.807) is 0 Å². The van der Waals surface area contributed by atoms with Crippen LogP contribution in [0.15, 0.2) is 4.52 Å². The maximum absolute atomic E-state index is 10.2. The van der Waals surface area contributed by atoms with Gasteiger partial charge in [0, 0.05) is 6.42 Å². The number of carbonyl (C=O) groups is 1. The average Bonchev–Trinajstić information content (AvgIpc) is 2.62. The lowest BCUT2D eigenvalue weighted by atomic mass is 10.2. The van der Waals surface area contributed by atoms with E-state index in [2.05, 4.69) is 22.4 Å². The number of aliphatic carboxylic acids is 1. The molecule has 0 unspecified atom stereocenters. The Balaban J connectivity index is 2.29. The molecule has 0 fully saturated rings. The summed E-state index contributed by atoms with van der Waals surface area (Å²) in [7, 11) is 0. The Morgan fingerprint density at radius 2 is 2.40 bits per heavy atom. The Kier molecular flexibility index (Phi) is 4.76. The van der Waals surface area contributed by atoms with Gasteiger partial charge in [-0.1, -0.05) is 18.5 Å². The topological polar surface area (TPSA) is 88.2 Å². The zero-order valence-electron chi connectivity index (χ0n) is 8.69. The van der Waals surface area contributed by atoms with E-state index < -0.39 is 5.97 Å². The maximum atomic E-state index is 10.2. The van der Waals surface area contributed by atoms with E-state index in [0.29, 0.717) is 18.3 Å². The Morgan fingerprint density at radius 1 is 1.60 bits per heavy atom. The van der Waals surface area contributed by atoms with Crippen molar-refractivity contribution < 1.29 is 14.4 Å². The van der Waals surface area contributed by atoms with Gasteiger partial charge < -0.3 is 9.63 Å². The fourth-order valence-corrected chi connectivity index (χ4v) is 1.07. The highest BCUT2D eigenvalue weighted by Gasteiger charge is 2.05. The average molecular weight is 213 g/mol. The molecule has 0 radical (unpaired) electrons. The van der Waals surface area contributed by atoms with Crippen molar-refractivity contribution in [2.45, 2.75) is 32.7 Å². The zero-order chi connectivity index (χ0) is 11.1. The van der Waals surface area contributed by atoms with Gasteiger partial charge in [0.2, 0.25) is 5.89 Å². The molecule has 0 amide bonds. The summed E-state index contributed by atoms with van der Waals surface area (Å²) in [6, 6.07) is 0. The third kappa shape index (κ3) is 4.55. The van der Waals surface area contributed by atoms with Gasteiger partial charge in [0.15, 0.2) is 5.82 Å². The van der Waals surface area contributed by atoms with Crippen LogP contribution in [0.1, 0.15) is 31.5 Å². The van der Waals surface area contributed by atoms with Gasteiger partial charge in [0.25, 0.3) is 0 Å². The lowest BCUT2D eigenvalue weighted by molar-refractivity contribution is -0.136. The van der Waals surface area contributed by atoms with Crippen LogP contribution in [0.3, 0.4) is 0 Å². The van der Waals surface area contributed by atoms with E-state index in [1.807, 2.05) is 0 Å². The van der Waals surface area contributed by atoms with Crippen LogP contribution in [0.2, 0.25) is 0 Å². The van der Waals surface area contributed by atoms with Crippen molar-refractivity contribution in [3.63, 3.8) is 0 Å². The standard InChI is InChI=1S/C9H15N3O3/c1-2-3-4-7-11-8(15-12-7)5-10-6-9(13)14/h10H,2-6H2,1H3,(H,13,14). The number of unbranched alkanes of at least 4 members (excludes halogenated alkanes) is 1. The van der Waals surface area contributed by atoms with Crippen molar-refractivity contribution in [1.82, 2.24) is 15.5 Å². The molecular weight excluding hydrogens is 198 g/mol. The summed E-state index contributed by atoms with van der Waals surface area (Å²) in [4.78, 5) is 14.3. The Hall–Kier alpha value is -1.43. The van der Waals surface area contributed by atoms with Gasteiger partial charge in [-0.15, -0.1) is 0 Å². The number of aromatic nitrogens is 2. The van der Waals surface area contributed by atoms with Crippen molar-refractivity contribution in [2.75, 3.05) is 6.54 Å². The third-order valence-electron chi connectivity index (χ3n) is 1.82. The summed E-state index contributed by atoms with van der Waals surface area (Å²) in [6.45, 7) is 2.29. The van der Waals surface area contributed by atoms with E-state index in [4.69, 9.17) is 9.63 Å². The van der Waals surface area contributed by atoms with Crippen LogP contribution >= 0.6 is 0 Å². The van der Waals surface area contributed by atoms with Gasteiger partial charge in [-0.2, -0.15) is 4.98 Å². The molecule has 0 spiro atoms. The first kappa shape index (κ1) is 11.6. The maximum Gasteiger partial charge on any atom is 0.317 e. The van der Waals surface area contributed by atoms with E-state index in [-0.39, 0.29) is 6.54 Å². The smallest absolute Gasteiger partial charge is 0.317 e. The van der Waals surface area contributed by atoms with Gasteiger partial charge >= 0.3 is 5.97 Å². The van der Waals surface area contributed by atoms with Gasteiger partial charge in [-0.3, -0.25) is 10.1 Å². The number of carboxylic acids is 1. The summed E-state index contributed by atoms with van der Waals surface area (Å²) >= 11 is 0. The minimum absolute atomic E-state index is 0.104. The number of hydrogen-bond acceptors (Lipinski definition) is 5. The molecule has 0 aliphatic carbocycles. The van der Waals surface area contributed by atoms with Gasteiger partial charge in [0.05, 0.1) is 13.1 Å². The Labute approximate surface area is 87.7 Å². The van der Waals surface area contributed by atoms with E-state index in [1.165, 1.54) is 0 Å². The van der Waals surface area contributed by atoms with Crippen molar-refractivity contribution in [1.29, 1.82) is 0 Å². The van der Waals surface area contributed by atoms with Crippen LogP contribution in [0.4, 0.5) is 0 Å².